The van der Waals surface area contributed by atoms with Gasteiger partial charge in [0.05, 0.1) is 5.56 Å². The third-order valence-electron chi connectivity index (χ3n) is 2.53. The summed E-state index contributed by atoms with van der Waals surface area (Å²) < 4.78 is 0. The average molecular weight is 216 g/mol. The summed E-state index contributed by atoms with van der Waals surface area (Å²) in [4.78, 5) is 18.1. The van der Waals surface area contributed by atoms with Crippen molar-refractivity contribution in [3.63, 3.8) is 0 Å². The van der Waals surface area contributed by atoms with Crippen molar-refractivity contribution in [3.8, 4) is 17.3 Å². The first-order valence-corrected chi connectivity index (χ1v) is 4.95. The second kappa shape index (κ2) is 3.81. The van der Waals surface area contributed by atoms with Crippen molar-refractivity contribution < 1.29 is 5.11 Å². The van der Waals surface area contributed by atoms with E-state index in [9.17, 15) is 9.90 Å². The summed E-state index contributed by atoms with van der Waals surface area (Å²) in [6.07, 6.45) is 0. The van der Waals surface area contributed by atoms with Crippen molar-refractivity contribution in [2.75, 3.05) is 0 Å². The Morgan fingerprint density at radius 2 is 1.94 bits per heavy atom. The molecule has 2 rings (SSSR count). The third-order valence-corrected chi connectivity index (χ3v) is 2.53. The van der Waals surface area contributed by atoms with Crippen LogP contribution >= 0.6 is 0 Å². The zero-order valence-corrected chi connectivity index (χ0v) is 9.11. The van der Waals surface area contributed by atoms with Gasteiger partial charge in [0.2, 0.25) is 5.88 Å². The number of rotatable bonds is 1. The largest absolute Gasteiger partial charge is 0.493 e. The van der Waals surface area contributed by atoms with Crippen LogP contribution in [0.2, 0.25) is 0 Å². The number of hydrogen-bond acceptors (Lipinski definition) is 3. The van der Waals surface area contributed by atoms with Crippen LogP contribution in [-0.2, 0) is 0 Å². The zero-order valence-electron chi connectivity index (χ0n) is 9.11. The first-order chi connectivity index (χ1) is 7.59. The van der Waals surface area contributed by atoms with Gasteiger partial charge in [-0.15, -0.1) is 0 Å². The van der Waals surface area contributed by atoms with Crippen LogP contribution in [0.4, 0.5) is 0 Å². The first kappa shape index (κ1) is 10.4. The van der Waals surface area contributed by atoms with Gasteiger partial charge in [-0.05, 0) is 19.4 Å². The third kappa shape index (κ3) is 1.69. The van der Waals surface area contributed by atoms with E-state index in [1.54, 1.807) is 0 Å². The number of benzene rings is 1. The Balaban J connectivity index is 2.67. The Kier molecular flexibility index (Phi) is 2.48. The number of H-pyrrole nitrogens is 1. The van der Waals surface area contributed by atoms with Crippen LogP contribution < -0.4 is 5.56 Å². The van der Waals surface area contributed by atoms with E-state index in [0.29, 0.717) is 5.82 Å². The maximum atomic E-state index is 11.5. The second-order valence-electron chi connectivity index (χ2n) is 3.68. The molecule has 0 aliphatic heterocycles. The van der Waals surface area contributed by atoms with Gasteiger partial charge in [0.15, 0.2) is 0 Å². The highest BCUT2D eigenvalue weighted by Crippen LogP contribution is 2.20. The average Bonchev–Trinajstić information content (AvgIpc) is 2.26. The fourth-order valence-electron chi connectivity index (χ4n) is 1.49. The molecule has 1 aromatic heterocycles. The maximum Gasteiger partial charge on any atom is 0.257 e. The van der Waals surface area contributed by atoms with Crippen molar-refractivity contribution >= 4 is 0 Å². The van der Waals surface area contributed by atoms with E-state index in [0.717, 1.165) is 11.1 Å². The molecule has 0 bridgehead atoms. The van der Waals surface area contributed by atoms with Crippen LogP contribution in [0.15, 0.2) is 29.1 Å². The highest BCUT2D eigenvalue weighted by Gasteiger charge is 2.08. The molecule has 16 heavy (non-hydrogen) atoms. The van der Waals surface area contributed by atoms with E-state index in [1.807, 2.05) is 31.2 Å². The molecule has 0 atom stereocenters. The van der Waals surface area contributed by atoms with Crippen LogP contribution in [0.25, 0.3) is 11.4 Å². The SMILES string of the molecule is Cc1ccccc1-c1nc(O)c(C)c(=O)[nH]1. The minimum Gasteiger partial charge on any atom is -0.493 e. The predicted octanol–water partition coefficient (Wildman–Crippen LogP) is 1.76. The molecule has 0 aliphatic carbocycles. The number of aromatic nitrogens is 2. The lowest BCUT2D eigenvalue weighted by Crippen LogP contribution is -2.12. The molecule has 2 N–H and O–H groups in total. The Bertz CT molecular complexity index is 588. The summed E-state index contributed by atoms with van der Waals surface area (Å²) >= 11 is 0. The van der Waals surface area contributed by atoms with Gasteiger partial charge < -0.3 is 10.1 Å². The molecule has 0 aliphatic rings. The van der Waals surface area contributed by atoms with Crippen molar-refractivity contribution in [3.05, 3.63) is 45.7 Å². The smallest absolute Gasteiger partial charge is 0.257 e. The van der Waals surface area contributed by atoms with Crippen molar-refractivity contribution in [1.29, 1.82) is 0 Å². The molecule has 1 heterocycles. The summed E-state index contributed by atoms with van der Waals surface area (Å²) in [7, 11) is 0. The highest BCUT2D eigenvalue weighted by atomic mass is 16.3. The second-order valence-corrected chi connectivity index (χ2v) is 3.68. The Morgan fingerprint density at radius 1 is 1.25 bits per heavy atom. The Labute approximate surface area is 92.6 Å². The van der Waals surface area contributed by atoms with Crippen LogP contribution in [0.1, 0.15) is 11.1 Å². The molecule has 0 spiro atoms. The summed E-state index contributed by atoms with van der Waals surface area (Å²) in [5, 5.41) is 9.50. The molecule has 82 valence electrons. The Morgan fingerprint density at radius 3 is 2.56 bits per heavy atom. The van der Waals surface area contributed by atoms with Crippen molar-refractivity contribution in [2.45, 2.75) is 13.8 Å². The maximum absolute atomic E-state index is 11.5. The van der Waals surface area contributed by atoms with Gasteiger partial charge in [0.25, 0.3) is 5.56 Å². The molecule has 0 saturated heterocycles. The van der Waals surface area contributed by atoms with Crippen LogP contribution in [0.5, 0.6) is 5.88 Å². The minimum absolute atomic E-state index is 0.220. The van der Waals surface area contributed by atoms with Gasteiger partial charge in [0.1, 0.15) is 5.82 Å². The van der Waals surface area contributed by atoms with E-state index >= 15 is 0 Å². The highest BCUT2D eigenvalue weighted by molar-refractivity contribution is 5.60. The lowest BCUT2D eigenvalue weighted by atomic mass is 10.1. The molecule has 1 aromatic carbocycles. The quantitative estimate of drug-likeness (QED) is 0.763. The van der Waals surface area contributed by atoms with Crippen LogP contribution in [0, 0.1) is 13.8 Å². The lowest BCUT2D eigenvalue weighted by molar-refractivity contribution is 0.447. The van der Waals surface area contributed by atoms with E-state index in [2.05, 4.69) is 9.97 Å². The normalized spacial score (nSPS) is 10.4. The Hall–Kier alpha value is -2.10. The van der Waals surface area contributed by atoms with E-state index < -0.39 is 0 Å². The van der Waals surface area contributed by atoms with Gasteiger partial charge in [-0.3, -0.25) is 4.79 Å². The van der Waals surface area contributed by atoms with E-state index in [-0.39, 0.29) is 17.0 Å². The zero-order chi connectivity index (χ0) is 11.7. The van der Waals surface area contributed by atoms with Gasteiger partial charge in [-0.25, -0.2) is 0 Å². The molecule has 0 saturated carbocycles. The summed E-state index contributed by atoms with van der Waals surface area (Å²) in [5.41, 5.74) is 1.73. The fraction of sp³-hybridized carbons (Fsp3) is 0.167. The van der Waals surface area contributed by atoms with Crippen LogP contribution in [-0.4, -0.2) is 15.1 Å². The molecule has 0 radical (unpaired) electrons. The van der Waals surface area contributed by atoms with E-state index in [4.69, 9.17) is 0 Å². The summed E-state index contributed by atoms with van der Waals surface area (Å²) in [6.45, 7) is 3.45. The topological polar surface area (TPSA) is 66.0 Å². The number of aromatic amines is 1. The number of hydrogen-bond donors (Lipinski definition) is 2. The number of aromatic hydroxyl groups is 1. The fourth-order valence-corrected chi connectivity index (χ4v) is 1.49. The molecular weight excluding hydrogens is 204 g/mol. The molecule has 4 nitrogen and oxygen atoms in total. The molecule has 0 amide bonds. The first-order valence-electron chi connectivity index (χ1n) is 4.95. The number of nitrogens with one attached hydrogen (secondary N) is 1. The molecule has 0 unspecified atom stereocenters. The number of nitrogens with zero attached hydrogens (tertiary/aromatic N) is 1. The molecular formula is C12H12N2O2. The van der Waals surface area contributed by atoms with Crippen molar-refractivity contribution in [1.82, 2.24) is 9.97 Å². The number of aryl methyl sites for hydroxylation is 1. The predicted molar refractivity (Wildman–Crippen MR) is 61.4 cm³/mol. The van der Waals surface area contributed by atoms with E-state index in [1.165, 1.54) is 6.92 Å². The molecule has 4 heteroatoms. The molecule has 2 aromatic rings. The molecule has 0 fully saturated rings. The van der Waals surface area contributed by atoms with Crippen molar-refractivity contribution in [2.24, 2.45) is 0 Å². The minimum atomic E-state index is -0.314. The van der Waals surface area contributed by atoms with Crippen LogP contribution in [0.3, 0.4) is 0 Å². The van der Waals surface area contributed by atoms with Gasteiger partial charge in [-0.1, -0.05) is 24.3 Å². The lowest BCUT2D eigenvalue weighted by Gasteiger charge is -2.05. The summed E-state index contributed by atoms with van der Waals surface area (Å²) in [5.74, 6) is 0.174. The van der Waals surface area contributed by atoms with Gasteiger partial charge in [-0.2, -0.15) is 4.98 Å². The monoisotopic (exact) mass is 216 g/mol. The van der Waals surface area contributed by atoms with Gasteiger partial charge in [0, 0.05) is 5.56 Å². The van der Waals surface area contributed by atoms with Gasteiger partial charge >= 0.3 is 0 Å². The summed E-state index contributed by atoms with van der Waals surface area (Å²) in [6, 6.07) is 7.54. The standard InChI is InChI=1S/C12H12N2O2/c1-7-5-3-4-6-9(7)10-13-11(15)8(2)12(16)14-10/h3-6H,1-2H3,(H2,13,14,15,16).